The monoisotopic (exact) mass is 336 g/mol. The van der Waals surface area contributed by atoms with Crippen molar-refractivity contribution in [2.75, 3.05) is 59.5 Å². The van der Waals surface area contributed by atoms with Gasteiger partial charge in [-0.15, -0.1) is 6.58 Å². The summed E-state index contributed by atoms with van der Waals surface area (Å²) in [4.78, 5) is 0. The minimum absolute atomic E-state index is 0.442. The molecule has 0 unspecified atom stereocenters. The van der Waals surface area contributed by atoms with E-state index >= 15 is 0 Å². The van der Waals surface area contributed by atoms with Gasteiger partial charge in [-0.25, -0.2) is 0 Å². The Morgan fingerprint density at radius 3 is 1.32 bits per heavy atom. The second-order valence-electron chi connectivity index (χ2n) is 4.31. The molecule has 0 N–H and O–H groups in total. The number of hydrogen-bond acceptors (Lipinski definition) is 6. The molecule has 0 atom stereocenters. The molecule has 0 aromatic carbocycles. The second-order valence-corrected chi connectivity index (χ2v) is 6.95. The van der Waals surface area contributed by atoms with Gasteiger partial charge in [0.25, 0.3) is 0 Å². The fourth-order valence-corrected chi connectivity index (χ4v) is 3.82. The van der Waals surface area contributed by atoms with Gasteiger partial charge in [0.05, 0.1) is 39.6 Å². The van der Waals surface area contributed by atoms with E-state index in [2.05, 4.69) is 6.58 Å². The predicted octanol–water partition coefficient (Wildman–Crippen LogP) is 2.27. The van der Waals surface area contributed by atoms with Crippen LogP contribution in [0.1, 0.15) is 20.8 Å². The molecule has 0 aliphatic heterocycles. The molecule has 0 aliphatic carbocycles. The van der Waals surface area contributed by atoms with Crippen molar-refractivity contribution in [2.45, 2.75) is 26.8 Å². The van der Waals surface area contributed by atoms with Crippen molar-refractivity contribution in [3.05, 3.63) is 12.7 Å². The van der Waals surface area contributed by atoms with Gasteiger partial charge in [-0.2, -0.15) is 0 Å². The molecule has 0 spiro atoms. The van der Waals surface area contributed by atoms with E-state index in [4.69, 9.17) is 27.5 Å². The summed E-state index contributed by atoms with van der Waals surface area (Å²) in [6.07, 6.45) is 1.77. The molecule has 0 saturated carbocycles. The maximum Gasteiger partial charge on any atom is 0.505 e. The maximum atomic E-state index is 5.92. The third-order valence-corrected chi connectivity index (χ3v) is 5.38. The Kier molecular flexibility index (Phi) is 15.4. The average molecular weight is 337 g/mol. The Morgan fingerprint density at radius 2 is 1.05 bits per heavy atom. The first-order chi connectivity index (χ1) is 10.7. The molecule has 6 nitrogen and oxygen atoms in total. The van der Waals surface area contributed by atoms with Gasteiger partial charge in [0.15, 0.2) is 0 Å². The first kappa shape index (κ1) is 21.7. The lowest BCUT2D eigenvalue weighted by Crippen LogP contribution is -2.47. The Labute approximate surface area is 136 Å². The fourth-order valence-electron chi connectivity index (χ4n) is 1.68. The van der Waals surface area contributed by atoms with Crippen molar-refractivity contribution in [1.82, 2.24) is 0 Å². The summed E-state index contributed by atoms with van der Waals surface area (Å²) in [7, 11) is -2.80. The SMILES string of the molecule is C=CC[Si](OCCOCC)(OCCOCC)OCCOCC. The van der Waals surface area contributed by atoms with Crippen LogP contribution in [0.4, 0.5) is 0 Å². The van der Waals surface area contributed by atoms with Gasteiger partial charge >= 0.3 is 8.80 Å². The molecule has 0 aromatic rings. The fraction of sp³-hybridized carbons (Fsp3) is 0.867. The van der Waals surface area contributed by atoms with Crippen molar-refractivity contribution in [1.29, 1.82) is 0 Å². The normalized spacial score (nSPS) is 11.8. The Hall–Kier alpha value is -0.283. The van der Waals surface area contributed by atoms with Crippen LogP contribution in [0.3, 0.4) is 0 Å². The third kappa shape index (κ3) is 11.3. The van der Waals surface area contributed by atoms with Crippen molar-refractivity contribution < 1.29 is 27.5 Å². The molecule has 0 rings (SSSR count). The van der Waals surface area contributed by atoms with E-state index in [9.17, 15) is 0 Å². The molecule has 22 heavy (non-hydrogen) atoms. The van der Waals surface area contributed by atoms with Crippen molar-refractivity contribution >= 4 is 8.80 Å². The lowest BCUT2D eigenvalue weighted by molar-refractivity contribution is 0.00515. The van der Waals surface area contributed by atoms with Crippen LogP contribution in [0.2, 0.25) is 6.04 Å². The zero-order chi connectivity index (χ0) is 16.5. The van der Waals surface area contributed by atoms with Gasteiger partial charge in [-0.3, -0.25) is 0 Å². The van der Waals surface area contributed by atoms with E-state index in [0.717, 1.165) is 0 Å². The highest BCUT2D eigenvalue weighted by Gasteiger charge is 2.40. The summed E-state index contributed by atoms with van der Waals surface area (Å²) in [6.45, 7) is 14.5. The standard InChI is InChI=1S/C15H32O6Si/c1-5-15-22(19-12-9-16-6-2,20-13-10-17-7-3)21-14-11-18-8-4/h5H,1,6-15H2,2-4H3. The predicted molar refractivity (Wildman–Crippen MR) is 88.1 cm³/mol. The second kappa shape index (κ2) is 15.6. The van der Waals surface area contributed by atoms with E-state index in [1.165, 1.54) is 0 Å². The minimum Gasteiger partial charge on any atom is -0.379 e. The smallest absolute Gasteiger partial charge is 0.379 e. The molecule has 7 heteroatoms. The summed E-state index contributed by atoms with van der Waals surface area (Å²) in [6, 6.07) is 0.553. The van der Waals surface area contributed by atoms with E-state index in [1.807, 2.05) is 20.8 Å². The van der Waals surface area contributed by atoms with Crippen LogP contribution >= 0.6 is 0 Å². The number of allylic oxidation sites excluding steroid dienone is 1. The van der Waals surface area contributed by atoms with Gasteiger partial charge in [0, 0.05) is 25.9 Å². The van der Waals surface area contributed by atoms with Crippen LogP contribution in [-0.2, 0) is 27.5 Å². The number of rotatable bonds is 17. The van der Waals surface area contributed by atoms with Crippen LogP contribution in [0, 0.1) is 0 Å². The molecular weight excluding hydrogens is 304 g/mol. The highest BCUT2D eigenvalue weighted by molar-refractivity contribution is 6.61. The Morgan fingerprint density at radius 1 is 0.682 bits per heavy atom. The van der Waals surface area contributed by atoms with Crippen LogP contribution in [0.25, 0.3) is 0 Å². The van der Waals surface area contributed by atoms with E-state index in [-0.39, 0.29) is 0 Å². The Balaban J connectivity index is 4.43. The van der Waals surface area contributed by atoms with Crippen LogP contribution < -0.4 is 0 Å². The molecule has 0 aliphatic rings. The molecule has 132 valence electrons. The molecular formula is C15H32O6Si. The van der Waals surface area contributed by atoms with Crippen molar-refractivity contribution in [3.8, 4) is 0 Å². The van der Waals surface area contributed by atoms with Gasteiger partial charge in [-0.05, 0) is 20.8 Å². The summed E-state index contributed by atoms with van der Waals surface area (Å²) in [5.41, 5.74) is 0. The molecule has 0 fully saturated rings. The van der Waals surface area contributed by atoms with Gasteiger partial charge < -0.3 is 27.5 Å². The molecule has 0 aromatic heterocycles. The Bertz CT molecular complexity index is 221. The van der Waals surface area contributed by atoms with Crippen LogP contribution in [-0.4, -0.2) is 68.3 Å². The largest absolute Gasteiger partial charge is 0.505 e. The molecule has 0 bridgehead atoms. The summed E-state index contributed by atoms with van der Waals surface area (Å²) in [5.74, 6) is 0. The summed E-state index contributed by atoms with van der Waals surface area (Å²) >= 11 is 0. The summed E-state index contributed by atoms with van der Waals surface area (Å²) in [5, 5.41) is 0. The van der Waals surface area contributed by atoms with Crippen LogP contribution in [0.5, 0.6) is 0 Å². The van der Waals surface area contributed by atoms with E-state index < -0.39 is 8.80 Å². The quantitative estimate of drug-likeness (QED) is 0.231. The van der Waals surface area contributed by atoms with Gasteiger partial charge in [-0.1, -0.05) is 6.08 Å². The van der Waals surface area contributed by atoms with E-state index in [1.54, 1.807) is 6.08 Å². The minimum atomic E-state index is -2.80. The van der Waals surface area contributed by atoms with Gasteiger partial charge in [0.1, 0.15) is 0 Å². The van der Waals surface area contributed by atoms with Crippen LogP contribution in [0.15, 0.2) is 12.7 Å². The first-order valence-electron chi connectivity index (χ1n) is 8.00. The van der Waals surface area contributed by atoms with E-state index in [0.29, 0.717) is 65.5 Å². The highest BCUT2D eigenvalue weighted by atomic mass is 28.4. The average Bonchev–Trinajstić information content (AvgIpc) is 2.53. The topological polar surface area (TPSA) is 55.4 Å². The molecule has 0 heterocycles. The molecule has 0 amide bonds. The summed E-state index contributed by atoms with van der Waals surface area (Å²) < 4.78 is 33.7. The third-order valence-electron chi connectivity index (χ3n) is 2.66. The maximum absolute atomic E-state index is 5.92. The molecule has 0 saturated heterocycles. The zero-order valence-electron chi connectivity index (χ0n) is 14.3. The zero-order valence-corrected chi connectivity index (χ0v) is 15.3. The number of hydrogen-bond donors (Lipinski definition) is 0. The van der Waals surface area contributed by atoms with Gasteiger partial charge in [0.2, 0.25) is 0 Å². The lowest BCUT2D eigenvalue weighted by atomic mass is 10.7. The highest BCUT2D eigenvalue weighted by Crippen LogP contribution is 2.16. The van der Waals surface area contributed by atoms with Crippen molar-refractivity contribution in [2.24, 2.45) is 0 Å². The van der Waals surface area contributed by atoms with Crippen molar-refractivity contribution in [3.63, 3.8) is 0 Å². The number of ether oxygens (including phenoxy) is 3. The molecule has 0 radical (unpaired) electrons. The lowest BCUT2D eigenvalue weighted by Gasteiger charge is -2.29. The first-order valence-corrected chi connectivity index (χ1v) is 9.93.